The van der Waals surface area contributed by atoms with Crippen LogP contribution in [0.15, 0.2) is 76.3 Å². The Morgan fingerprint density at radius 1 is 1.03 bits per heavy atom. The topological polar surface area (TPSA) is 86.2 Å². The van der Waals surface area contributed by atoms with Gasteiger partial charge in [0.2, 0.25) is 0 Å². The van der Waals surface area contributed by atoms with Gasteiger partial charge in [0.25, 0.3) is 5.91 Å². The Hall–Kier alpha value is -3.36. The first kappa shape index (κ1) is 23.3. The van der Waals surface area contributed by atoms with Gasteiger partial charge >= 0.3 is 5.97 Å². The molecule has 0 spiro atoms. The second-order valence-electron chi connectivity index (χ2n) is 6.32. The van der Waals surface area contributed by atoms with Crippen LogP contribution >= 0.6 is 27.5 Å². The van der Waals surface area contributed by atoms with E-state index in [1.165, 1.54) is 13.3 Å². The van der Waals surface area contributed by atoms with Crippen LogP contribution in [-0.4, -0.2) is 31.8 Å². The fourth-order valence-corrected chi connectivity index (χ4v) is 3.13. The largest absolute Gasteiger partial charge is 0.493 e. The summed E-state index contributed by atoms with van der Waals surface area (Å²) in [5.41, 5.74) is 3.38. The average molecular weight is 518 g/mol. The molecule has 0 fully saturated rings. The minimum Gasteiger partial charge on any atom is -0.493 e. The van der Waals surface area contributed by atoms with E-state index in [-0.39, 0.29) is 12.4 Å². The van der Waals surface area contributed by atoms with Gasteiger partial charge in [0.15, 0.2) is 18.1 Å². The van der Waals surface area contributed by atoms with Gasteiger partial charge in [-0.15, -0.1) is 0 Å². The average Bonchev–Trinajstić information content (AvgIpc) is 2.79. The number of benzene rings is 3. The molecule has 32 heavy (non-hydrogen) atoms. The number of carbonyl (C=O) groups excluding carboxylic acids is 2. The molecule has 164 valence electrons. The number of hydrazone groups is 1. The number of nitrogens with one attached hydrogen (secondary N) is 1. The molecule has 0 aliphatic heterocycles. The van der Waals surface area contributed by atoms with Crippen molar-refractivity contribution in [1.82, 2.24) is 5.43 Å². The van der Waals surface area contributed by atoms with E-state index in [9.17, 15) is 9.59 Å². The molecule has 1 amide bonds. The number of carbonyl (C=O) groups is 2. The van der Waals surface area contributed by atoms with Crippen molar-refractivity contribution in [3.05, 3.63) is 87.4 Å². The van der Waals surface area contributed by atoms with E-state index in [0.29, 0.717) is 27.6 Å². The Labute approximate surface area is 198 Å². The van der Waals surface area contributed by atoms with Crippen LogP contribution in [0.1, 0.15) is 15.9 Å². The molecular weight excluding hydrogens is 500 g/mol. The lowest BCUT2D eigenvalue weighted by molar-refractivity contribution is -0.123. The van der Waals surface area contributed by atoms with Crippen molar-refractivity contribution in [3.8, 4) is 17.2 Å². The molecule has 7 nitrogen and oxygen atoms in total. The predicted octanol–water partition coefficient (Wildman–Crippen LogP) is 4.86. The van der Waals surface area contributed by atoms with Crippen molar-refractivity contribution in [1.29, 1.82) is 0 Å². The quantitative estimate of drug-likeness (QED) is 0.200. The van der Waals surface area contributed by atoms with Gasteiger partial charge in [-0.3, -0.25) is 4.79 Å². The summed E-state index contributed by atoms with van der Waals surface area (Å²) in [6.45, 7) is -0.241. The minimum absolute atomic E-state index is 0.241. The van der Waals surface area contributed by atoms with Gasteiger partial charge in [0.05, 0.1) is 23.9 Å². The summed E-state index contributed by atoms with van der Waals surface area (Å²) < 4.78 is 16.9. The first-order valence-corrected chi connectivity index (χ1v) is 10.5. The first-order valence-electron chi connectivity index (χ1n) is 9.31. The van der Waals surface area contributed by atoms with Crippen LogP contribution in [0.5, 0.6) is 17.2 Å². The number of para-hydroxylation sites is 1. The highest BCUT2D eigenvalue weighted by Crippen LogP contribution is 2.28. The van der Waals surface area contributed by atoms with E-state index in [0.717, 1.165) is 4.47 Å². The van der Waals surface area contributed by atoms with Crippen molar-refractivity contribution in [2.75, 3.05) is 13.7 Å². The molecule has 0 saturated carbocycles. The molecule has 0 unspecified atom stereocenters. The lowest BCUT2D eigenvalue weighted by Gasteiger charge is -2.10. The van der Waals surface area contributed by atoms with E-state index in [1.807, 2.05) is 6.07 Å². The zero-order valence-electron chi connectivity index (χ0n) is 16.9. The van der Waals surface area contributed by atoms with Crippen LogP contribution in [0.3, 0.4) is 0 Å². The molecule has 1 N–H and O–H groups in total. The van der Waals surface area contributed by atoms with Gasteiger partial charge in [-0.1, -0.05) is 45.7 Å². The molecule has 3 aromatic carbocycles. The molecule has 0 aromatic heterocycles. The molecule has 0 saturated heterocycles. The van der Waals surface area contributed by atoms with E-state index < -0.39 is 11.9 Å². The first-order chi connectivity index (χ1) is 15.5. The maximum Gasteiger partial charge on any atom is 0.343 e. The maximum absolute atomic E-state index is 12.4. The molecule has 3 rings (SSSR count). The lowest BCUT2D eigenvalue weighted by atomic mass is 10.2. The highest BCUT2D eigenvalue weighted by molar-refractivity contribution is 9.10. The van der Waals surface area contributed by atoms with Gasteiger partial charge in [-0.2, -0.15) is 5.10 Å². The molecule has 0 heterocycles. The third-order valence-corrected chi connectivity index (χ3v) is 4.85. The molecule has 9 heteroatoms. The van der Waals surface area contributed by atoms with Gasteiger partial charge in [-0.05, 0) is 54.1 Å². The van der Waals surface area contributed by atoms with Crippen molar-refractivity contribution in [3.63, 3.8) is 0 Å². The lowest BCUT2D eigenvalue weighted by Crippen LogP contribution is -2.24. The Morgan fingerprint density at radius 2 is 1.84 bits per heavy atom. The minimum atomic E-state index is -0.517. The molecule has 0 bridgehead atoms. The normalized spacial score (nSPS) is 10.6. The van der Waals surface area contributed by atoms with Crippen molar-refractivity contribution < 1.29 is 23.8 Å². The Kier molecular flexibility index (Phi) is 8.24. The van der Waals surface area contributed by atoms with Gasteiger partial charge in [-0.25, -0.2) is 10.2 Å². The zero-order chi connectivity index (χ0) is 22.9. The summed E-state index contributed by atoms with van der Waals surface area (Å²) in [6, 6.07) is 18.6. The van der Waals surface area contributed by atoms with Gasteiger partial charge in [0.1, 0.15) is 5.75 Å². The van der Waals surface area contributed by atoms with E-state index in [1.54, 1.807) is 60.7 Å². The molecule has 0 aliphatic carbocycles. The summed E-state index contributed by atoms with van der Waals surface area (Å²) >= 11 is 9.30. The van der Waals surface area contributed by atoms with Crippen molar-refractivity contribution in [2.45, 2.75) is 0 Å². The number of halogens is 2. The van der Waals surface area contributed by atoms with E-state index in [4.69, 9.17) is 25.8 Å². The Bertz CT molecular complexity index is 1150. The number of hydrogen-bond donors (Lipinski definition) is 1. The number of nitrogens with zero attached hydrogens (tertiary/aromatic N) is 1. The number of rotatable bonds is 8. The smallest absolute Gasteiger partial charge is 0.343 e. The second kappa shape index (κ2) is 11.3. The van der Waals surface area contributed by atoms with Crippen LogP contribution in [0, 0.1) is 0 Å². The van der Waals surface area contributed by atoms with Crippen molar-refractivity contribution >= 4 is 45.6 Å². The number of amides is 1. The SMILES string of the molecule is COc1cc(C=NNC(=O)COc2ccccc2Cl)ccc1OC(=O)c1cccc(Br)c1. The number of esters is 1. The Morgan fingerprint density at radius 3 is 2.59 bits per heavy atom. The summed E-state index contributed by atoms with van der Waals surface area (Å²) in [5.74, 6) is 0.0352. The molecule has 0 aliphatic rings. The summed E-state index contributed by atoms with van der Waals surface area (Å²) in [6.07, 6.45) is 1.43. The van der Waals surface area contributed by atoms with Gasteiger partial charge < -0.3 is 14.2 Å². The van der Waals surface area contributed by atoms with Crippen LogP contribution in [0.25, 0.3) is 0 Å². The number of hydrogen-bond acceptors (Lipinski definition) is 6. The molecule has 0 atom stereocenters. The fourth-order valence-electron chi connectivity index (χ4n) is 2.54. The highest BCUT2D eigenvalue weighted by Gasteiger charge is 2.13. The van der Waals surface area contributed by atoms with E-state index in [2.05, 4.69) is 26.5 Å². The van der Waals surface area contributed by atoms with Crippen LogP contribution in [-0.2, 0) is 4.79 Å². The molecular formula is C23H18BrClN2O5. The monoisotopic (exact) mass is 516 g/mol. The number of methoxy groups -OCH3 is 1. The van der Waals surface area contributed by atoms with Gasteiger partial charge in [0, 0.05) is 4.47 Å². The zero-order valence-corrected chi connectivity index (χ0v) is 19.2. The maximum atomic E-state index is 12.4. The molecule has 0 radical (unpaired) electrons. The van der Waals surface area contributed by atoms with Crippen LogP contribution in [0.4, 0.5) is 0 Å². The van der Waals surface area contributed by atoms with Crippen molar-refractivity contribution in [2.24, 2.45) is 5.10 Å². The summed E-state index contributed by atoms with van der Waals surface area (Å²) in [7, 11) is 1.46. The number of ether oxygens (including phenoxy) is 3. The highest BCUT2D eigenvalue weighted by atomic mass is 79.9. The van der Waals surface area contributed by atoms with Crippen LogP contribution < -0.4 is 19.6 Å². The summed E-state index contributed by atoms with van der Waals surface area (Å²) in [4.78, 5) is 24.3. The molecule has 3 aromatic rings. The third-order valence-electron chi connectivity index (χ3n) is 4.05. The predicted molar refractivity (Wildman–Crippen MR) is 125 cm³/mol. The fraction of sp³-hybridized carbons (Fsp3) is 0.0870. The third kappa shape index (κ3) is 6.57. The standard InChI is InChI=1S/C23H18BrClN2O5/c1-30-21-11-15(9-10-20(21)32-23(29)16-5-4-6-17(24)12-16)13-26-27-22(28)14-31-19-8-3-2-7-18(19)25/h2-13H,14H2,1H3,(H,27,28). The van der Waals surface area contributed by atoms with Crippen LogP contribution in [0.2, 0.25) is 5.02 Å². The second-order valence-corrected chi connectivity index (χ2v) is 7.65. The Balaban J connectivity index is 1.58. The van der Waals surface area contributed by atoms with E-state index >= 15 is 0 Å². The summed E-state index contributed by atoms with van der Waals surface area (Å²) in [5, 5.41) is 4.31.